The number of carbonyl (C=O) groups is 2. The molecule has 0 spiro atoms. The third-order valence-electron chi connectivity index (χ3n) is 3.03. The van der Waals surface area contributed by atoms with Crippen LogP contribution in [0.2, 0.25) is 0 Å². The number of hydrogen-bond acceptors (Lipinski definition) is 2. The second-order valence-electron chi connectivity index (χ2n) is 4.87. The van der Waals surface area contributed by atoms with Crippen LogP contribution in [0.3, 0.4) is 0 Å². The zero-order chi connectivity index (χ0) is 15.0. The molecule has 0 radical (unpaired) electrons. The third-order valence-corrected chi connectivity index (χ3v) is 3.03. The average Bonchev–Trinajstić information content (AvgIpc) is 2.44. The number of aliphatic carboxylic acids is 1. The van der Waals surface area contributed by atoms with E-state index in [4.69, 9.17) is 5.11 Å². The fourth-order valence-electron chi connectivity index (χ4n) is 1.77. The van der Waals surface area contributed by atoms with Gasteiger partial charge in [-0.3, -0.25) is 9.59 Å². The lowest BCUT2D eigenvalue weighted by molar-refractivity contribution is -0.142. The maximum atomic E-state index is 11.8. The van der Waals surface area contributed by atoms with E-state index in [9.17, 15) is 9.59 Å². The largest absolute Gasteiger partial charge is 0.481 e. The highest BCUT2D eigenvalue weighted by molar-refractivity contribution is 5.77. The summed E-state index contributed by atoms with van der Waals surface area (Å²) in [5.74, 6) is -1.45. The molecule has 1 aromatic carbocycles. The van der Waals surface area contributed by atoms with Gasteiger partial charge >= 0.3 is 5.97 Å². The number of hydrogen-bond donors (Lipinski definition) is 1. The van der Waals surface area contributed by atoms with E-state index in [2.05, 4.69) is 0 Å². The van der Waals surface area contributed by atoms with Gasteiger partial charge in [-0.15, -0.1) is 0 Å². The summed E-state index contributed by atoms with van der Waals surface area (Å²) in [4.78, 5) is 24.0. The summed E-state index contributed by atoms with van der Waals surface area (Å²) in [5.41, 5.74) is 1.10. The van der Waals surface area contributed by atoms with Crippen LogP contribution >= 0.6 is 0 Å². The highest BCUT2D eigenvalue weighted by Crippen LogP contribution is 2.05. The van der Waals surface area contributed by atoms with Crippen LogP contribution in [0.15, 0.2) is 36.4 Å². The van der Waals surface area contributed by atoms with Gasteiger partial charge in [-0.05, 0) is 12.0 Å². The van der Waals surface area contributed by atoms with Gasteiger partial charge in [0.2, 0.25) is 5.91 Å². The number of amides is 1. The van der Waals surface area contributed by atoms with Crippen molar-refractivity contribution in [3.8, 4) is 0 Å². The molecule has 1 amide bonds. The smallest absolute Gasteiger partial charge is 0.308 e. The Labute approximate surface area is 119 Å². The van der Waals surface area contributed by atoms with Crippen LogP contribution < -0.4 is 0 Å². The molecule has 4 nitrogen and oxygen atoms in total. The fraction of sp³-hybridized carbons (Fsp3) is 0.375. The Morgan fingerprint density at radius 3 is 2.55 bits per heavy atom. The van der Waals surface area contributed by atoms with Gasteiger partial charge in [-0.2, -0.15) is 0 Å². The van der Waals surface area contributed by atoms with Crippen LogP contribution in [0.25, 0.3) is 6.08 Å². The van der Waals surface area contributed by atoms with Crippen molar-refractivity contribution in [1.29, 1.82) is 0 Å². The van der Waals surface area contributed by atoms with Gasteiger partial charge in [0.1, 0.15) is 0 Å². The molecule has 0 aliphatic rings. The minimum Gasteiger partial charge on any atom is -0.481 e. The van der Waals surface area contributed by atoms with E-state index >= 15 is 0 Å². The molecule has 20 heavy (non-hydrogen) atoms. The minimum absolute atomic E-state index is 0.0317. The quantitative estimate of drug-likeness (QED) is 0.832. The number of carboxylic acids is 1. The molecule has 1 unspecified atom stereocenters. The molecule has 1 aromatic rings. The SMILES string of the molecule is CC(CN(C)C(=O)CC/C=C/c1ccccc1)C(=O)O. The van der Waals surface area contributed by atoms with E-state index in [1.807, 2.05) is 42.5 Å². The Hall–Kier alpha value is -2.10. The maximum Gasteiger partial charge on any atom is 0.308 e. The number of rotatable bonds is 7. The number of carboxylic acid groups (broad SMARTS) is 1. The predicted molar refractivity (Wildman–Crippen MR) is 79.1 cm³/mol. The van der Waals surface area contributed by atoms with E-state index in [1.165, 1.54) is 4.90 Å². The Morgan fingerprint density at radius 2 is 1.95 bits per heavy atom. The molecule has 0 aromatic heterocycles. The number of allylic oxidation sites excluding steroid dienone is 1. The fourth-order valence-corrected chi connectivity index (χ4v) is 1.77. The van der Waals surface area contributed by atoms with Crippen LogP contribution in [0.1, 0.15) is 25.3 Å². The monoisotopic (exact) mass is 275 g/mol. The minimum atomic E-state index is -0.881. The zero-order valence-corrected chi connectivity index (χ0v) is 12.0. The number of nitrogens with zero attached hydrogens (tertiary/aromatic N) is 1. The average molecular weight is 275 g/mol. The normalized spacial score (nSPS) is 12.3. The van der Waals surface area contributed by atoms with Gasteiger partial charge in [0.05, 0.1) is 5.92 Å². The van der Waals surface area contributed by atoms with E-state index in [0.717, 1.165) is 5.56 Å². The van der Waals surface area contributed by atoms with Gasteiger partial charge < -0.3 is 10.0 Å². The van der Waals surface area contributed by atoms with E-state index < -0.39 is 11.9 Å². The molecule has 1 rings (SSSR count). The molecule has 4 heteroatoms. The lowest BCUT2D eigenvalue weighted by Gasteiger charge is -2.19. The van der Waals surface area contributed by atoms with Gasteiger partial charge in [-0.25, -0.2) is 0 Å². The second kappa shape index (κ2) is 8.15. The third kappa shape index (κ3) is 5.69. The highest BCUT2D eigenvalue weighted by atomic mass is 16.4. The number of benzene rings is 1. The van der Waals surface area contributed by atoms with Crippen molar-refractivity contribution in [1.82, 2.24) is 4.90 Å². The van der Waals surface area contributed by atoms with Crippen molar-refractivity contribution in [2.75, 3.05) is 13.6 Å². The summed E-state index contributed by atoms with van der Waals surface area (Å²) in [7, 11) is 1.64. The Morgan fingerprint density at radius 1 is 1.30 bits per heavy atom. The first kappa shape index (κ1) is 16.0. The topological polar surface area (TPSA) is 57.6 Å². The van der Waals surface area contributed by atoms with Crippen LogP contribution in [-0.4, -0.2) is 35.5 Å². The highest BCUT2D eigenvalue weighted by Gasteiger charge is 2.16. The first-order chi connectivity index (χ1) is 9.50. The Balaban J connectivity index is 2.32. The Kier molecular flexibility index (Phi) is 6.50. The van der Waals surface area contributed by atoms with Crippen molar-refractivity contribution >= 4 is 18.0 Å². The van der Waals surface area contributed by atoms with Crippen LogP contribution in [0, 0.1) is 5.92 Å². The lowest BCUT2D eigenvalue weighted by Crippen LogP contribution is -2.33. The molecule has 0 saturated heterocycles. The van der Waals surface area contributed by atoms with Crippen molar-refractivity contribution < 1.29 is 14.7 Å². The van der Waals surface area contributed by atoms with Crippen molar-refractivity contribution in [2.45, 2.75) is 19.8 Å². The van der Waals surface area contributed by atoms with E-state index in [0.29, 0.717) is 12.8 Å². The van der Waals surface area contributed by atoms with Crippen LogP contribution in [-0.2, 0) is 9.59 Å². The molecule has 1 N–H and O–H groups in total. The van der Waals surface area contributed by atoms with Crippen molar-refractivity contribution in [2.24, 2.45) is 5.92 Å². The van der Waals surface area contributed by atoms with E-state index in [1.54, 1.807) is 14.0 Å². The summed E-state index contributed by atoms with van der Waals surface area (Å²) in [5, 5.41) is 8.80. The molecule has 0 aliphatic heterocycles. The molecular formula is C16H21NO3. The Bertz CT molecular complexity index is 468. The summed E-state index contributed by atoms with van der Waals surface area (Å²) in [6.07, 6.45) is 4.99. The molecule has 0 bridgehead atoms. The van der Waals surface area contributed by atoms with E-state index in [-0.39, 0.29) is 12.5 Å². The summed E-state index contributed by atoms with van der Waals surface area (Å²) in [6.45, 7) is 1.85. The first-order valence-corrected chi connectivity index (χ1v) is 6.69. The number of carbonyl (C=O) groups excluding carboxylic acids is 1. The van der Waals surface area contributed by atoms with Gasteiger partial charge in [0.25, 0.3) is 0 Å². The molecule has 108 valence electrons. The van der Waals surface area contributed by atoms with Crippen molar-refractivity contribution in [3.63, 3.8) is 0 Å². The van der Waals surface area contributed by atoms with Gasteiger partial charge in [0, 0.05) is 20.0 Å². The molecule has 1 atom stereocenters. The first-order valence-electron chi connectivity index (χ1n) is 6.69. The van der Waals surface area contributed by atoms with Crippen LogP contribution in [0.4, 0.5) is 0 Å². The van der Waals surface area contributed by atoms with Crippen LogP contribution in [0.5, 0.6) is 0 Å². The summed E-state index contributed by atoms with van der Waals surface area (Å²) >= 11 is 0. The maximum absolute atomic E-state index is 11.8. The molecule has 0 fully saturated rings. The summed E-state index contributed by atoms with van der Waals surface area (Å²) in [6, 6.07) is 9.88. The molecular weight excluding hydrogens is 254 g/mol. The molecule has 0 heterocycles. The van der Waals surface area contributed by atoms with Gasteiger partial charge in [0.15, 0.2) is 0 Å². The van der Waals surface area contributed by atoms with Crippen molar-refractivity contribution in [3.05, 3.63) is 42.0 Å². The standard InChI is InChI=1S/C16H21NO3/c1-13(16(19)20)12-17(2)15(18)11-7-6-10-14-8-4-3-5-9-14/h3-6,8-10,13H,7,11-12H2,1-2H3,(H,19,20)/b10-6+. The predicted octanol–water partition coefficient (Wildman–Crippen LogP) is 2.66. The lowest BCUT2D eigenvalue weighted by atomic mass is 10.1. The molecule has 0 saturated carbocycles. The van der Waals surface area contributed by atoms with Gasteiger partial charge in [-0.1, -0.05) is 49.4 Å². The second-order valence-corrected chi connectivity index (χ2v) is 4.87. The molecule has 0 aliphatic carbocycles. The summed E-state index contributed by atoms with van der Waals surface area (Å²) < 4.78 is 0. The zero-order valence-electron chi connectivity index (χ0n) is 12.0.